The second-order valence-electron chi connectivity index (χ2n) is 5.16. The van der Waals surface area contributed by atoms with Gasteiger partial charge >= 0.3 is 0 Å². The molecule has 2 N–H and O–H groups in total. The summed E-state index contributed by atoms with van der Waals surface area (Å²) in [6.07, 6.45) is 1.31. The van der Waals surface area contributed by atoms with Gasteiger partial charge in [0.05, 0.1) is 7.11 Å². The van der Waals surface area contributed by atoms with Crippen LogP contribution in [0, 0.1) is 5.92 Å². The van der Waals surface area contributed by atoms with Gasteiger partial charge in [-0.1, -0.05) is 19.1 Å². The molecule has 1 aliphatic rings. The summed E-state index contributed by atoms with van der Waals surface area (Å²) >= 11 is 0. The van der Waals surface area contributed by atoms with Crippen molar-refractivity contribution < 1.29 is 9.53 Å². The second kappa shape index (κ2) is 6.57. The number of ether oxygens (including phenoxy) is 1. The number of rotatable bonds is 5. The van der Waals surface area contributed by atoms with Crippen molar-refractivity contribution in [1.82, 2.24) is 10.6 Å². The van der Waals surface area contributed by atoms with Crippen molar-refractivity contribution in [3.05, 3.63) is 29.8 Å². The normalized spacial score (nSPS) is 22.2. The van der Waals surface area contributed by atoms with Crippen molar-refractivity contribution in [2.24, 2.45) is 5.92 Å². The van der Waals surface area contributed by atoms with Crippen LogP contribution in [-0.2, 0) is 11.2 Å². The van der Waals surface area contributed by atoms with E-state index >= 15 is 0 Å². The Hall–Kier alpha value is -1.55. The van der Waals surface area contributed by atoms with Crippen LogP contribution in [0.1, 0.15) is 18.9 Å². The van der Waals surface area contributed by atoms with Gasteiger partial charge in [0.25, 0.3) is 0 Å². The molecule has 4 heteroatoms. The van der Waals surface area contributed by atoms with E-state index in [4.69, 9.17) is 4.74 Å². The van der Waals surface area contributed by atoms with Crippen molar-refractivity contribution >= 4 is 5.91 Å². The fourth-order valence-electron chi connectivity index (χ4n) is 2.33. The molecule has 1 amide bonds. The van der Waals surface area contributed by atoms with Crippen LogP contribution < -0.4 is 15.4 Å². The van der Waals surface area contributed by atoms with Crippen molar-refractivity contribution in [2.45, 2.75) is 25.8 Å². The number of hydrogen-bond donors (Lipinski definition) is 2. The van der Waals surface area contributed by atoms with Crippen LogP contribution >= 0.6 is 0 Å². The Morgan fingerprint density at radius 1 is 1.37 bits per heavy atom. The highest BCUT2D eigenvalue weighted by molar-refractivity contribution is 5.76. The number of carbonyl (C=O) groups excluding carboxylic acids is 1. The summed E-state index contributed by atoms with van der Waals surface area (Å²) in [7, 11) is 1.65. The van der Waals surface area contributed by atoms with Gasteiger partial charge < -0.3 is 15.4 Å². The Bertz CT molecular complexity index is 417. The predicted molar refractivity (Wildman–Crippen MR) is 75.3 cm³/mol. The van der Waals surface area contributed by atoms with Gasteiger partial charge in [-0.25, -0.2) is 0 Å². The number of hydrogen-bond acceptors (Lipinski definition) is 3. The van der Waals surface area contributed by atoms with Gasteiger partial charge in [-0.2, -0.15) is 0 Å². The molecule has 0 aromatic heterocycles. The van der Waals surface area contributed by atoms with E-state index in [2.05, 4.69) is 17.6 Å². The number of nitrogens with one attached hydrogen (secondary N) is 2. The molecule has 0 bridgehead atoms. The molecule has 2 rings (SSSR count). The fourth-order valence-corrected chi connectivity index (χ4v) is 2.33. The third-order valence-electron chi connectivity index (χ3n) is 3.66. The minimum Gasteiger partial charge on any atom is -0.497 e. The minimum atomic E-state index is 0.136. The lowest BCUT2D eigenvalue weighted by Crippen LogP contribution is -2.39. The molecular formula is C15H22N2O2. The molecule has 2 unspecified atom stereocenters. The summed E-state index contributed by atoms with van der Waals surface area (Å²) < 4.78 is 5.11. The molecule has 1 heterocycles. The summed E-state index contributed by atoms with van der Waals surface area (Å²) in [4.78, 5) is 11.9. The quantitative estimate of drug-likeness (QED) is 0.842. The molecule has 0 saturated carbocycles. The van der Waals surface area contributed by atoms with Crippen molar-refractivity contribution in [3.8, 4) is 5.75 Å². The highest BCUT2D eigenvalue weighted by Crippen LogP contribution is 2.13. The zero-order valence-electron chi connectivity index (χ0n) is 11.6. The highest BCUT2D eigenvalue weighted by atomic mass is 16.5. The molecule has 1 saturated heterocycles. The summed E-state index contributed by atoms with van der Waals surface area (Å²) in [5.41, 5.74) is 1.16. The molecule has 2 atom stereocenters. The van der Waals surface area contributed by atoms with Crippen LogP contribution in [0.3, 0.4) is 0 Å². The summed E-state index contributed by atoms with van der Waals surface area (Å²) in [5, 5.41) is 6.38. The Kier molecular flexibility index (Phi) is 4.80. The lowest BCUT2D eigenvalue weighted by atomic mass is 10.1. The smallest absolute Gasteiger partial charge is 0.220 e. The standard InChI is InChI=1S/C15H22N2O2/c1-11-9-16-10-14(11)17-15(18)8-5-12-3-6-13(19-2)7-4-12/h3-4,6-7,11,14,16H,5,8-10H2,1-2H3,(H,17,18). The molecule has 0 aliphatic carbocycles. The van der Waals surface area contributed by atoms with Gasteiger partial charge in [0.2, 0.25) is 5.91 Å². The molecule has 4 nitrogen and oxygen atoms in total. The van der Waals surface area contributed by atoms with Gasteiger partial charge in [-0.3, -0.25) is 4.79 Å². The molecule has 1 aliphatic heterocycles. The molecule has 0 spiro atoms. The van der Waals surface area contributed by atoms with E-state index in [9.17, 15) is 4.79 Å². The number of carbonyl (C=O) groups is 1. The Labute approximate surface area is 114 Å². The first kappa shape index (κ1) is 13.9. The zero-order chi connectivity index (χ0) is 13.7. The average molecular weight is 262 g/mol. The molecule has 1 fully saturated rings. The minimum absolute atomic E-state index is 0.136. The van der Waals surface area contributed by atoms with Gasteiger partial charge in [0.1, 0.15) is 5.75 Å². The lowest BCUT2D eigenvalue weighted by Gasteiger charge is -2.16. The van der Waals surface area contributed by atoms with Crippen molar-refractivity contribution in [2.75, 3.05) is 20.2 Å². The van der Waals surface area contributed by atoms with E-state index in [-0.39, 0.29) is 11.9 Å². The maximum absolute atomic E-state index is 11.9. The van der Waals surface area contributed by atoms with Crippen LogP contribution in [0.2, 0.25) is 0 Å². The second-order valence-corrected chi connectivity index (χ2v) is 5.16. The highest BCUT2D eigenvalue weighted by Gasteiger charge is 2.23. The Morgan fingerprint density at radius 2 is 2.11 bits per heavy atom. The topological polar surface area (TPSA) is 50.4 Å². The third-order valence-corrected chi connectivity index (χ3v) is 3.66. The summed E-state index contributed by atoms with van der Waals surface area (Å²) in [5.74, 6) is 1.50. The maximum atomic E-state index is 11.9. The van der Waals surface area contributed by atoms with E-state index in [0.717, 1.165) is 30.8 Å². The first-order valence-electron chi connectivity index (χ1n) is 6.82. The van der Waals surface area contributed by atoms with Crippen LogP contribution in [0.4, 0.5) is 0 Å². The van der Waals surface area contributed by atoms with E-state index in [1.54, 1.807) is 7.11 Å². The molecule has 1 aromatic carbocycles. The van der Waals surface area contributed by atoms with Gasteiger partial charge in [-0.15, -0.1) is 0 Å². The molecular weight excluding hydrogens is 240 g/mol. The van der Waals surface area contributed by atoms with Crippen LogP contribution in [0.5, 0.6) is 5.75 Å². The van der Waals surface area contributed by atoms with Gasteiger partial charge in [0.15, 0.2) is 0 Å². The van der Waals surface area contributed by atoms with Gasteiger partial charge in [0, 0.05) is 19.0 Å². The zero-order valence-corrected chi connectivity index (χ0v) is 11.6. The number of benzene rings is 1. The van der Waals surface area contributed by atoms with Crippen LogP contribution in [-0.4, -0.2) is 32.1 Å². The van der Waals surface area contributed by atoms with Crippen molar-refractivity contribution in [1.29, 1.82) is 0 Å². The van der Waals surface area contributed by atoms with E-state index in [1.165, 1.54) is 0 Å². The predicted octanol–water partition coefficient (Wildman–Crippen LogP) is 1.35. The van der Waals surface area contributed by atoms with E-state index < -0.39 is 0 Å². The van der Waals surface area contributed by atoms with Gasteiger partial charge in [-0.05, 0) is 36.6 Å². The van der Waals surface area contributed by atoms with E-state index in [1.807, 2.05) is 24.3 Å². The molecule has 19 heavy (non-hydrogen) atoms. The van der Waals surface area contributed by atoms with Crippen LogP contribution in [0.25, 0.3) is 0 Å². The van der Waals surface area contributed by atoms with Crippen LogP contribution in [0.15, 0.2) is 24.3 Å². The Balaban J connectivity index is 1.76. The maximum Gasteiger partial charge on any atom is 0.220 e. The average Bonchev–Trinajstić information content (AvgIpc) is 2.82. The first-order valence-corrected chi connectivity index (χ1v) is 6.82. The number of methoxy groups -OCH3 is 1. The first-order chi connectivity index (χ1) is 9.19. The largest absolute Gasteiger partial charge is 0.497 e. The molecule has 104 valence electrons. The number of amides is 1. The fraction of sp³-hybridized carbons (Fsp3) is 0.533. The third kappa shape index (κ3) is 3.96. The SMILES string of the molecule is COc1ccc(CCC(=O)NC2CNCC2C)cc1. The monoisotopic (exact) mass is 262 g/mol. The van der Waals surface area contributed by atoms with Crippen molar-refractivity contribution in [3.63, 3.8) is 0 Å². The summed E-state index contributed by atoms with van der Waals surface area (Å²) in [6.45, 7) is 4.04. The summed E-state index contributed by atoms with van der Waals surface area (Å²) in [6, 6.07) is 8.15. The molecule has 0 radical (unpaired) electrons. The lowest BCUT2D eigenvalue weighted by molar-refractivity contribution is -0.121. The van der Waals surface area contributed by atoms with E-state index in [0.29, 0.717) is 12.3 Å². The Morgan fingerprint density at radius 3 is 2.68 bits per heavy atom. The number of aryl methyl sites for hydroxylation is 1. The molecule has 1 aromatic rings.